The van der Waals surface area contributed by atoms with Crippen LogP contribution in [-0.4, -0.2) is 13.9 Å². The molecule has 0 spiro atoms. The van der Waals surface area contributed by atoms with Crippen LogP contribution < -0.4 is 24.7 Å². The summed E-state index contributed by atoms with van der Waals surface area (Å²) < 4.78 is 21.8. The fraction of sp³-hybridized carbons (Fsp3) is 0.167. The van der Waals surface area contributed by atoms with Crippen LogP contribution >= 0.6 is 0 Å². The third-order valence-corrected chi connectivity index (χ3v) is 4.14. The second kappa shape index (κ2) is 5.39. The third-order valence-electron chi connectivity index (χ3n) is 4.14. The molecule has 0 unspecified atom stereocenters. The average Bonchev–Trinajstić information content (AvgIpc) is 3.06. The van der Waals surface area contributed by atoms with E-state index in [1.807, 2.05) is 30.3 Å². The number of rotatable bonds is 2. The Bertz CT molecular complexity index is 898. The molecule has 0 radical (unpaired) electrons. The van der Waals surface area contributed by atoms with Crippen molar-refractivity contribution in [3.05, 3.63) is 59.0 Å². The van der Waals surface area contributed by atoms with Crippen LogP contribution in [0, 0.1) is 11.3 Å². The average molecular weight is 322 g/mol. The zero-order chi connectivity index (χ0) is 16.7. The number of hydrogen-bond acceptors (Lipinski definition) is 6. The van der Waals surface area contributed by atoms with Crippen LogP contribution in [0.3, 0.4) is 0 Å². The van der Waals surface area contributed by atoms with Gasteiger partial charge in [-0.1, -0.05) is 12.1 Å². The highest BCUT2D eigenvalue weighted by Gasteiger charge is 2.33. The van der Waals surface area contributed by atoms with Crippen LogP contribution in [0.1, 0.15) is 17.0 Å². The predicted molar refractivity (Wildman–Crippen MR) is 84.9 cm³/mol. The van der Waals surface area contributed by atoms with Gasteiger partial charge >= 0.3 is 0 Å². The highest BCUT2D eigenvalue weighted by Crippen LogP contribution is 2.48. The molecule has 4 rings (SSSR count). The van der Waals surface area contributed by atoms with Crippen LogP contribution in [0.25, 0.3) is 0 Å². The number of ether oxygens (including phenoxy) is 4. The quantitative estimate of drug-likeness (QED) is 0.914. The lowest BCUT2D eigenvalue weighted by Gasteiger charge is -2.26. The fourth-order valence-electron chi connectivity index (χ4n) is 3.01. The second-order valence-electron chi connectivity index (χ2n) is 5.44. The van der Waals surface area contributed by atoms with Crippen molar-refractivity contribution in [2.75, 3.05) is 13.9 Å². The zero-order valence-corrected chi connectivity index (χ0v) is 12.9. The molecule has 6 heteroatoms. The summed E-state index contributed by atoms with van der Waals surface area (Å²) >= 11 is 0. The number of nitrogens with zero attached hydrogens (tertiary/aromatic N) is 1. The Labute approximate surface area is 138 Å². The molecule has 2 aromatic carbocycles. The summed E-state index contributed by atoms with van der Waals surface area (Å²) in [5.41, 5.74) is 8.03. The summed E-state index contributed by atoms with van der Waals surface area (Å²) in [5, 5.41) is 9.58. The van der Waals surface area contributed by atoms with E-state index in [0.29, 0.717) is 28.6 Å². The zero-order valence-electron chi connectivity index (χ0n) is 12.9. The van der Waals surface area contributed by atoms with Crippen molar-refractivity contribution >= 4 is 0 Å². The van der Waals surface area contributed by atoms with Crippen molar-refractivity contribution in [1.29, 1.82) is 5.26 Å². The minimum atomic E-state index is -0.358. The van der Waals surface area contributed by atoms with E-state index >= 15 is 0 Å². The molecular formula is C18H14N2O4. The fourth-order valence-corrected chi connectivity index (χ4v) is 3.01. The Morgan fingerprint density at radius 2 is 1.96 bits per heavy atom. The van der Waals surface area contributed by atoms with Crippen LogP contribution in [0.5, 0.6) is 23.0 Å². The summed E-state index contributed by atoms with van der Waals surface area (Å²) in [6.07, 6.45) is 0. The number of fused-ring (bicyclic) bond motifs is 2. The van der Waals surface area contributed by atoms with Gasteiger partial charge in [-0.3, -0.25) is 0 Å². The lowest BCUT2D eigenvalue weighted by Crippen LogP contribution is -2.21. The summed E-state index contributed by atoms with van der Waals surface area (Å²) in [4.78, 5) is 0. The summed E-state index contributed by atoms with van der Waals surface area (Å²) in [6, 6.07) is 13.3. The molecule has 0 fully saturated rings. The Kier molecular flexibility index (Phi) is 3.21. The molecule has 2 heterocycles. The molecule has 2 aliphatic heterocycles. The monoisotopic (exact) mass is 322 g/mol. The van der Waals surface area contributed by atoms with Gasteiger partial charge in [0.1, 0.15) is 23.1 Å². The van der Waals surface area contributed by atoms with Crippen molar-refractivity contribution in [3.63, 3.8) is 0 Å². The minimum Gasteiger partial charge on any atom is -0.497 e. The lowest BCUT2D eigenvalue weighted by atomic mass is 9.83. The molecular weight excluding hydrogens is 308 g/mol. The summed E-state index contributed by atoms with van der Waals surface area (Å²) in [7, 11) is 1.60. The number of benzene rings is 2. The minimum absolute atomic E-state index is 0.0942. The Morgan fingerprint density at radius 3 is 2.71 bits per heavy atom. The predicted octanol–water partition coefficient (Wildman–Crippen LogP) is 2.64. The molecule has 0 amide bonds. The maximum absolute atomic E-state index is 9.58. The van der Waals surface area contributed by atoms with E-state index in [1.165, 1.54) is 0 Å². The van der Waals surface area contributed by atoms with Gasteiger partial charge in [0.2, 0.25) is 12.7 Å². The van der Waals surface area contributed by atoms with Gasteiger partial charge in [-0.15, -0.1) is 0 Å². The highest BCUT2D eigenvalue weighted by atomic mass is 16.7. The van der Waals surface area contributed by atoms with Crippen LogP contribution in [0.2, 0.25) is 0 Å². The SMILES string of the molecule is COc1cccc([C@H]2C(C#N)=C(N)Oc3cc4c(cc32)OCO4)c1. The Hall–Kier alpha value is -3.33. The molecule has 120 valence electrons. The number of allylic oxidation sites excluding steroid dienone is 1. The molecule has 24 heavy (non-hydrogen) atoms. The topological polar surface area (TPSA) is 86.7 Å². The van der Waals surface area contributed by atoms with Gasteiger partial charge in [-0.25, -0.2) is 0 Å². The van der Waals surface area contributed by atoms with E-state index in [0.717, 1.165) is 11.1 Å². The van der Waals surface area contributed by atoms with Crippen molar-refractivity contribution in [3.8, 4) is 29.1 Å². The van der Waals surface area contributed by atoms with Gasteiger partial charge in [-0.05, 0) is 23.8 Å². The molecule has 1 atom stereocenters. The van der Waals surface area contributed by atoms with Gasteiger partial charge in [0.25, 0.3) is 0 Å². The van der Waals surface area contributed by atoms with Crippen LogP contribution in [-0.2, 0) is 0 Å². The second-order valence-corrected chi connectivity index (χ2v) is 5.44. The smallest absolute Gasteiger partial charge is 0.231 e. The van der Waals surface area contributed by atoms with E-state index in [-0.39, 0.29) is 18.6 Å². The normalized spacial score (nSPS) is 17.8. The maximum atomic E-state index is 9.58. The molecule has 0 aromatic heterocycles. The Balaban J connectivity index is 1.92. The van der Waals surface area contributed by atoms with Gasteiger partial charge in [-0.2, -0.15) is 5.26 Å². The lowest BCUT2D eigenvalue weighted by molar-refractivity contribution is 0.174. The van der Waals surface area contributed by atoms with Crippen molar-refractivity contribution in [2.45, 2.75) is 5.92 Å². The van der Waals surface area contributed by atoms with Gasteiger partial charge in [0.05, 0.1) is 13.0 Å². The van der Waals surface area contributed by atoms with E-state index in [1.54, 1.807) is 13.2 Å². The van der Waals surface area contributed by atoms with E-state index in [2.05, 4.69) is 6.07 Å². The molecule has 2 aromatic rings. The standard InChI is InChI=1S/C18H14N2O4/c1-21-11-4-2-3-10(5-11)17-12-6-15-16(23-9-22-15)7-14(12)24-18(20)13(17)8-19/h2-7,17H,9,20H2,1H3/t17-/m1/s1. The molecule has 6 nitrogen and oxygen atoms in total. The first-order chi connectivity index (χ1) is 11.7. The van der Waals surface area contributed by atoms with E-state index < -0.39 is 0 Å². The number of nitrogens with two attached hydrogens (primary N) is 1. The maximum Gasteiger partial charge on any atom is 0.231 e. The van der Waals surface area contributed by atoms with Crippen molar-refractivity contribution < 1.29 is 18.9 Å². The molecule has 2 aliphatic rings. The van der Waals surface area contributed by atoms with Crippen molar-refractivity contribution in [1.82, 2.24) is 0 Å². The molecule has 0 bridgehead atoms. The highest BCUT2D eigenvalue weighted by molar-refractivity contribution is 5.61. The molecule has 2 N–H and O–H groups in total. The third kappa shape index (κ3) is 2.10. The first-order valence-electron chi connectivity index (χ1n) is 7.36. The van der Waals surface area contributed by atoms with Gasteiger partial charge < -0.3 is 24.7 Å². The van der Waals surface area contributed by atoms with Crippen LogP contribution in [0.15, 0.2) is 47.9 Å². The van der Waals surface area contributed by atoms with Gasteiger partial charge in [0.15, 0.2) is 11.5 Å². The van der Waals surface area contributed by atoms with E-state index in [9.17, 15) is 5.26 Å². The molecule has 0 aliphatic carbocycles. The number of nitriles is 1. The molecule has 0 saturated heterocycles. The van der Waals surface area contributed by atoms with Crippen LogP contribution in [0.4, 0.5) is 0 Å². The first kappa shape index (κ1) is 14.3. The number of hydrogen-bond donors (Lipinski definition) is 1. The van der Waals surface area contributed by atoms with Crippen molar-refractivity contribution in [2.24, 2.45) is 5.73 Å². The molecule has 0 saturated carbocycles. The Morgan fingerprint density at radius 1 is 1.17 bits per heavy atom. The number of methoxy groups -OCH3 is 1. The summed E-state index contributed by atoms with van der Waals surface area (Å²) in [5.74, 6) is 2.23. The summed E-state index contributed by atoms with van der Waals surface area (Å²) in [6.45, 7) is 0.163. The van der Waals surface area contributed by atoms with E-state index in [4.69, 9.17) is 24.7 Å². The van der Waals surface area contributed by atoms with Gasteiger partial charge in [0, 0.05) is 11.6 Å². The first-order valence-corrected chi connectivity index (χ1v) is 7.36. The largest absolute Gasteiger partial charge is 0.497 e.